The van der Waals surface area contributed by atoms with Crippen LogP contribution in [0, 0.1) is 11.8 Å². The smallest absolute Gasteiger partial charge is 0.227 e. The van der Waals surface area contributed by atoms with Crippen molar-refractivity contribution in [1.29, 1.82) is 0 Å². The van der Waals surface area contributed by atoms with Gasteiger partial charge in [-0.3, -0.25) is 9.59 Å². The zero-order valence-corrected chi connectivity index (χ0v) is 14.4. The molecule has 4 nitrogen and oxygen atoms in total. The van der Waals surface area contributed by atoms with Gasteiger partial charge in [-0.2, -0.15) is 0 Å². The highest BCUT2D eigenvalue weighted by atomic mass is 16.2. The molecule has 3 aliphatic rings. The Morgan fingerprint density at radius 3 is 2.61 bits per heavy atom. The predicted octanol–water partition coefficient (Wildman–Crippen LogP) is 3.33. The third kappa shape index (κ3) is 3.96. The van der Waals surface area contributed by atoms with E-state index in [1.54, 1.807) is 0 Å². The Morgan fingerprint density at radius 1 is 1.04 bits per heavy atom. The third-order valence-corrected chi connectivity index (χ3v) is 5.64. The van der Waals surface area contributed by atoms with Crippen molar-refractivity contribution < 1.29 is 9.59 Å². The lowest BCUT2D eigenvalue weighted by atomic mass is 9.85. The van der Waals surface area contributed by atoms with Gasteiger partial charge in [-0.05, 0) is 56.8 Å². The molecule has 0 aromatic carbocycles. The van der Waals surface area contributed by atoms with Gasteiger partial charge in [-0.15, -0.1) is 0 Å². The van der Waals surface area contributed by atoms with Crippen molar-refractivity contribution in [2.24, 2.45) is 11.8 Å². The van der Waals surface area contributed by atoms with Crippen LogP contribution in [0.1, 0.15) is 64.7 Å². The first-order valence-electron chi connectivity index (χ1n) is 9.43. The fourth-order valence-electron chi connectivity index (χ4n) is 4.37. The number of allylic oxidation sites excluding steroid dienone is 2. The van der Waals surface area contributed by atoms with Gasteiger partial charge in [0.2, 0.25) is 11.8 Å². The molecule has 0 radical (unpaired) electrons. The molecule has 0 saturated carbocycles. The Morgan fingerprint density at radius 2 is 1.78 bits per heavy atom. The molecule has 0 spiro atoms. The van der Waals surface area contributed by atoms with Crippen molar-refractivity contribution in [3.05, 3.63) is 11.8 Å². The molecular formula is C19H30N2O2. The van der Waals surface area contributed by atoms with Gasteiger partial charge in [0, 0.05) is 38.2 Å². The van der Waals surface area contributed by atoms with E-state index in [0.29, 0.717) is 24.7 Å². The molecule has 128 valence electrons. The minimum Gasteiger partial charge on any atom is -0.342 e. The van der Waals surface area contributed by atoms with Crippen LogP contribution < -0.4 is 0 Å². The first kappa shape index (κ1) is 16.5. The van der Waals surface area contributed by atoms with Crippen LogP contribution in [0.25, 0.3) is 0 Å². The van der Waals surface area contributed by atoms with Crippen LogP contribution in [-0.2, 0) is 9.59 Å². The van der Waals surface area contributed by atoms with E-state index in [1.807, 2.05) is 9.80 Å². The predicted molar refractivity (Wildman–Crippen MR) is 90.6 cm³/mol. The molecular weight excluding hydrogens is 288 g/mol. The number of rotatable bonds is 3. The van der Waals surface area contributed by atoms with Crippen molar-refractivity contribution in [3.63, 3.8) is 0 Å². The molecule has 1 aliphatic carbocycles. The number of amides is 2. The SMILES string of the molecule is CC1CCCN(C(=O)CCC(=O)N2CCCC3CCCC=C32)C1. The Hall–Kier alpha value is -1.32. The van der Waals surface area contributed by atoms with Gasteiger partial charge in [0.1, 0.15) is 0 Å². The second kappa shape index (κ2) is 7.50. The molecule has 3 rings (SSSR count). The Labute approximate surface area is 139 Å². The fourth-order valence-corrected chi connectivity index (χ4v) is 4.37. The van der Waals surface area contributed by atoms with Crippen LogP contribution in [0.4, 0.5) is 0 Å². The molecule has 2 fully saturated rings. The Balaban J connectivity index is 1.52. The summed E-state index contributed by atoms with van der Waals surface area (Å²) in [6.45, 7) is 4.78. The van der Waals surface area contributed by atoms with Gasteiger partial charge in [0.25, 0.3) is 0 Å². The highest BCUT2D eigenvalue weighted by Crippen LogP contribution is 2.35. The summed E-state index contributed by atoms with van der Waals surface area (Å²) in [4.78, 5) is 28.9. The van der Waals surface area contributed by atoms with Gasteiger partial charge < -0.3 is 9.80 Å². The van der Waals surface area contributed by atoms with Crippen molar-refractivity contribution >= 4 is 11.8 Å². The summed E-state index contributed by atoms with van der Waals surface area (Å²) in [5.74, 6) is 1.50. The molecule has 23 heavy (non-hydrogen) atoms. The lowest BCUT2D eigenvalue weighted by Gasteiger charge is -2.38. The summed E-state index contributed by atoms with van der Waals surface area (Å²) in [6.07, 6.45) is 11.2. The van der Waals surface area contributed by atoms with Crippen LogP contribution in [0.2, 0.25) is 0 Å². The van der Waals surface area contributed by atoms with Crippen LogP contribution in [-0.4, -0.2) is 41.2 Å². The van der Waals surface area contributed by atoms with Gasteiger partial charge in [0.05, 0.1) is 0 Å². The molecule has 2 aliphatic heterocycles. The summed E-state index contributed by atoms with van der Waals surface area (Å²) in [7, 11) is 0. The van der Waals surface area contributed by atoms with Crippen LogP contribution >= 0.6 is 0 Å². The third-order valence-electron chi connectivity index (χ3n) is 5.64. The first-order valence-corrected chi connectivity index (χ1v) is 9.43. The van der Waals surface area contributed by atoms with Crippen LogP contribution in [0.5, 0.6) is 0 Å². The molecule has 2 atom stereocenters. The quantitative estimate of drug-likeness (QED) is 0.801. The normalized spacial score (nSPS) is 28.1. The minimum atomic E-state index is 0.154. The molecule has 2 saturated heterocycles. The number of likely N-dealkylation sites (tertiary alicyclic amines) is 2. The van der Waals surface area contributed by atoms with E-state index in [1.165, 1.54) is 31.4 Å². The van der Waals surface area contributed by atoms with Crippen molar-refractivity contribution in [1.82, 2.24) is 9.80 Å². The van der Waals surface area contributed by atoms with Crippen molar-refractivity contribution in [3.8, 4) is 0 Å². The van der Waals surface area contributed by atoms with Gasteiger partial charge in [-0.1, -0.05) is 13.0 Å². The fraction of sp³-hybridized carbons (Fsp3) is 0.789. The highest BCUT2D eigenvalue weighted by Gasteiger charge is 2.30. The zero-order valence-electron chi connectivity index (χ0n) is 14.4. The second-order valence-corrected chi connectivity index (χ2v) is 7.53. The maximum absolute atomic E-state index is 12.6. The maximum atomic E-state index is 12.6. The number of carbonyl (C=O) groups excluding carboxylic acids is 2. The summed E-state index contributed by atoms with van der Waals surface area (Å²) in [5, 5.41) is 0. The van der Waals surface area contributed by atoms with Crippen molar-refractivity contribution in [2.45, 2.75) is 64.7 Å². The van der Waals surface area contributed by atoms with Crippen LogP contribution in [0.3, 0.4) is 0 Å². The second-order valence-electron chi connectivity index (χ2n) is 7.53. The number of hydrogen-bond acceptors (Lipinski definition) is 2. The van der Waals surface area contributed by atoms with E-state index in [0.717, 1.165) is 38.9 Å². The summed E-state index contributed by atoms with van der Waals surface area (Å²) < 4.78 is 0. The average Bonchev–Trinajstić information content (AvgIpc) is 2.59. The summed E-state index contributed by atoms with van der Waals surface area (Å²) in [6, 6.07) is 0. The van der Waals surface area contributed by atoms with Gasteiger partial charge >= 0.3 is 0 Å². The largest absolute Gasteiger partial charge is 0.342 e. The molecule has 0 aromatic rings. The van der Waals surface area contributed by atoms with E-state index in [-0.39, 0.29) is 11.8 Å². The Bertz CT molecular complexity index is 486. The standard InChI is InChI=1S/C19H30N2O2/c1-15-6-4-12-20(14-15)18(22)10-11-19(23)21-13-5-8-16-7-2-3-9-17(16)21/h9,15-16H,2-8,10-14H2,1H3. The van der Waals surface area contributed by atoms with Gasteiger partial charge in [0.15, 0.2) is 0 Å². The Kier molecular flexibility index (Phi) is 5.39. The van der Waals surface area contributed by atoms with Crippen LogP contribution in [0.15, 0.2) is 11.8 Å². The molecule has 0 bridgehead atoms. The lowest BCUT2D eigenvalue weighted by molar-refractivity contribution is -0.137. The monoisotopic (exact) mass is 318 g/mol. The molecule has 0 aromatic heterocycles. The van der Waals surface area contributed by atoms with E-state index in [2.05, 4.69) is 13.0 Å². The summed E-state index contributed by atoms with van der Waals surface area (Å²) >= 11 is 0. The molecule has 0 N–H and O–H groups in total. The van der Waals surface area contributed by atoms with Crippen molar-refractivity contribution in [2.75, 3.05) is 19.6 Å². The molecule has 2 unspecified atom stereocenters. The highest BCUT2D eigenvalue weighted by molar-refractivity contribution is 5.85. The summed E-state index contributed by atoms with van der Waals surface area (Å²) in [5.41, 5.74) is 1.26. The van der Waals surface area contributed by atoms with E-state index < -0.39 is 0 Å². The van der Waals surface area contributed by atoms with E-state index in [9.17, 15) is 9.59 Å². The van der Waals surface area contributed by atoms with E-state index in [4.69, 9.17) is 0 Å². The molecule has 2 amide bonds. The first-order chi connectivity index (χ1) is 11.1. The minimum absolute atomic E-state index is 0.154. The number of hydrogen-bond donors (Lipinski definition) is 0. The van der Waals surface area contributed by atoms with E-state index >= 15 is 0 Å². The number of piperidine rings is 2. The zero-order chi connectivity index (χ0) is 16.2. The van der Waals surface area contributed by atoms with Gasteiger partial charge in [-0.25, -0.2) is 0 Å². The average molecular weight is 318 g/mol. The number of nitrogens with zero attached hydrogens (tertiary/aromatic N) is 2. The molecule has 4 heteroatoms. The number of carbonyl (C=O) groups is 2. The molecule has 2 heterocycles. The number of fused-ring (bicyclic) bond motifs is 1. The lowest BCUT2D eigenvalue weighted by Crippen LogP contribution is -2.41. The topological polar surface area (TPSA) is 40.6 Å². The maximum Gasteiger partial charge on any atom is 0.227 e.